The highest BCUT2D eigenvalue weighted by molar-refractivity contribution is 5.16. The molecule has 2 aliphatic rings. The first kappa shape index (κ1) is 13.1. The van der Waals surface area contributed by atoms with Crippen molar-refractivity contribution in [2.75, 3.05) is 6.54 Å². The fourth-order valence-electron chi connectivity index (χ4n) is 4.12. The molecule has 0 aromatic carbocycles. The molecule has 1 aromatic heterocycles. The van der Waals surface area contributed by atoms with Crippen LogP contribution in [-0.4, -0.2) is 34.6 Å². The van der Waals surface area contributed by atoms with Crippen LogP contribution in [0.4, 0.5) is 0 Å². The molecule has 19 heavy (non-hydrogen) atoms. The molecule has 2 aliphatic heterocycles. The van der Waals surface area contributed by atoms with Gasteiger partial charge in [0.05, 0.1) is 0 Å². The summed E-state index contributed by atoms with van der Waals surface area (Å²) in [7, 11) is 0. The van der Waals surface area contributed by atoms with Crippen molar-refractivity contribution in [1.82, 2.24) is 15.2 Å². The van der Waals surface area contributed by atoms with Crippen LogP contribution in [0.1, 0.15) is 51.1 Å². The monoisotopic (exact) mass is 259 g/mol. The minimum Gasteiger partial charge on any atom is -0.314 e. The van der Waals surface area contributed by atoms with Gasteiger partial charge in [-0.05, 0) is 56.8 Å². The topological polar surface area (TPSA) is 28.2 Å². The van der Waals surface area contributed by atoms with Crippen molar-refractivity contribution in [3.05, 3.63) is 30.1 Å². The lowest BCUT2D eigenvalue weighted by molar-refractivity contribution is 0.0775. The van der Waals surface area contributed by atoms with Gasteiger partial charge in [0.25, 0.3) is 0 Å². The van der Waals surface area contributed by atoms with Gasteiger partial charge in [-0.15, -0.1) is 0 Å². The summed E-state index contributed by atoms with van der Waals surface area (Å²) < 4.78 is 0. The summed E-state index contributed by atoms with van der Waals surface area (Å²) in [5, 5.41) is 3.65. The molecular weight excluding hydrogens is 234 g/mol. The average Bonchev–Trinajstić information content (AvgIpc) is 2.71. The van der Waals surface area contributed by atoms with E-state index >= 15 is 0 Å². The van der Waals surface area contributed by atoms with E-state index in [0.29, 0.717) is 6.04 Å². The van der Waals surface area contributed by atoms with E-state index in [1.807, 2.05) is 12.4 Å². The van der Waals surface area contributed by atoms with E-state index in [1.165, 1.54) is 31.2 Å². The van der Waals surface area contributed by atoms with Crippen molar-refractivity contribution in [2.45, 2.75) is 63.7 Å². The van der Waals surface area contributed by atoms with Crippen molar-refractivity contribution in [2.24, 2.45) is 0 Å². The molecule has 0 saturated carbocycles. The first-order chi connectivity index (χ1) is 9.29. The minimum atomic E-state index is 0.531. The summed E-state index contributed by atoms with van der Waals surface area (Å²) in [5.74, 6) is 0. The normalized spacial score (nSPS) is 32.4. The van der Waals surface area contributed by atoms with Crippen molar-refractivity contribution in [3.63, 3.8) is 0 Å². The number of nitrogens with one attached hydrogen (secondary N) is 1. The molecule has 1 N–H and O–H groups in total. The van der Waals surface area contributed by atoms with Crippen molar-refractivity contribution >= 4 is 0 Å². The van der Waals surface area contributed by atoms with Gasteiger partial charge in [0.2, 0.25) is 0 Å². The van der Waals surface area contributed by atoms with E-state index in [-0.39, 0.29) is 0 Å². The molecule has 0 aliphatic carbocycles. The van der Waals surface area contributed by atoms with Crippen molar-refractivity contribution < 1.29 is 0 Å². The summed E-state index contributed by atoms with van der Waals surface area (Å²) in [6.07, 6.45) is 9.22. The summed E-state index contributed by atoms with van der Waals surface area (Å²) in [4.78, 5) is 6.90. The van der Waals surface area contributed by atoms with Crippen LogP contribution in [0.2, 0.25) is 0 Å². The molecule has 3 nitrogen and oxygen atoms in total. The highest BCUT2D eigenvalue weighted by Gasteiger charge is 2.42. The highest BCUT2D eigenvalue weighted by Crippen LogP contribution is 2.41. The Labute approximate surface area is 116 Å². The lowest BCUT2D eigenvalue weighted by Crippen LogP contribution is -2.49. The number of hydrogen-bond donors (Lipinski definition) is 1. The second-order valence-corrected chi connectivity index (χ2v) is 6.01. The third kappa shape index (κ3) is 2.54. The fourth-order valence-corrected chi connectivity index (χ4v) is 4.12. The first-order valence-electron chi connectivity index (χ1n) is 7.70. The molecule has 2 fully saturated rings. The molecule has 0 spiro atoms. The van der Waals surface area contributed by atoms with Gasteiger partial charge in [0.1, 0.15) is 0 Å². The Morgan fingerprint density at radius 3 is 2.47 bits per heavy atom. The molecule has 3 atom stereocenters. The SMILES string of the molecule is CCNC1CC2CCC(C1)N2C(C)c1ccncc1. The number of rotatable bonds is 4. The number of aromatic nitrogens is 1. The number of hydrogen-bond acceptors (Lipinski definition) is 3. The Balaban J connectivity index is 1.73. The Hall–Kier alpha value is -0.930. The molecule has 2 bridgehead atoms. The number of pyridine rings is 1. The van der Waals surface area contributed by atoms with Gasteiger partial charge >= 0.3 is 0 Å². The Morgan fingerprint density at radius 1 is 1.26 bits per heavy atom. The maximum Gasteiger partial charge on any atom is 0.0326 e. The smallest absolute Gasteiger partial charge is 0.0326 e. The van der Waals surface area contributed by atoms with Crippen LogP contribution in [0.3, 0.4) is 0 Å². The van der Waals surface area contributed by atoms with Gasteiger partial charge in [0.15, 0.2) is 0 Å². The van der Waals surface area contributed by atoms with Gasteiger partial charge in [-0.3, -0.25) is 9.88 Å². The first-order valence-corrected chi connectivity index (χ1v) is 7.70. The summed E-state index contributed by atoms with van der Waals surface area (Å²) in [6.45, 7) is 5.67. The zero-order valence-electron chi connectivity index (χ0n) is 12.0. The van der Waals surface area contributed by atoms with E-state index in [9.17, 15) is 0 Å². The fraction of sp³-hybridized carbons (Fsp3) is 0.688. The van der Waals surface area contributed by atoms with Gasteiger partial charge in [0, 0.05) is 36.6 Å². The van der Waals surface area contributed by atoms with Crippen LogP contribution >= 0.6 is 0 Å². The predicted octanol–water partition coefficient (Wildman–Crippen LogP) is 2.75. The Bertz CT molecular complexity index is 392. The maximum absolute atomic E-state index is 4.13. The van der Waals surface area contributed by atoms with Gasteiger partial charge in [-0.25, -0.2) is 0 Å². The molecule has 1 aromatic rings. The number of fused-ring (bicyclic) bond motifs is 2. The van der Waals surface area contributed by atoms with E-state index in [0.717, 1.165) is 24.7 Å². The van der Waals surface area contributed by atoms with E-state index in [2.05, 4.69) is 41.2 Å². The van der Waals surface area contributed by atoms with Crippen LogP contribution in [0, 0.1) is 0 Å². The lowest BCUT2D eigenvalue weighted by Gasteiger charge is -2.43. The molecule has 0 amide bonds. The van der Waals surface area contributed by atoms with Crippen LogP contribution in [0.25, 0.3) is 0 Å². The zero-order valence-corrected chi connectivity index (χ0v) is 12.0. The third-order valence-electron chi connectivity index (χ3n) is 4.92. The summed E-state index contributed by atoms with van der Waals surface area (Å²) in [5.41, 5.74) is 1.41. The summed E-state index contributed by atoms with van der Waals surface area (Å²) in [6, 6.07) is 7.14. The van der Waals surface area contributed by atoms with Gasteiger partial charge < -0.3 is 5.32 Å². The molecular formula is C16H25N3. The highest BCUT2D eigenvalue weighted by atomic mass is 15.3. The lowest BCUT2D eigenvalue weighted by atomic mass is 9.94. The molecule has 3 rings (SSSR count). The molecule has 2 saturated heterocycles. The van der Waals surface area contributed by atoms with E-state index < -0.39 is 0 Å². The Kier molecular flexibility index (Phi) is 3.85. The maximum atomic E-state index is 4.13. The van der Waals surface area contributed by atoms with Gasteiger partial charge in [-0.2, -0.15) is 0 Å². The minimum absolute atomic E-state index is 0.531. The molecule has 3 heteroatoms. The largest absolute Gasteiger partial charge is 0.314 e. The zero-order chi connectivity index (χ0) is 13.2. The van der Waals surface area contributed by atoms with E-state index in [1.54, 1.807) is 0 Å². The third-order valence-corrected chi connectivity index (χ3v) is 4.92. The predicted molar refractivity (Wildman–Crippen MR) is 78.0 cm³/mol. The van der Waals surface area contributed by atoms with Crippen LogP contribution in [-0.2, 0) is 0 Å². The number of nitrogens with zero attached hydrogens (tertiary/aromatic N) is 2. The van der Waals surface area contributed by atoms with E-state index in [4.69, 9.17) is 0 Å². The second-order valence-electron chi connectivity index (χ2n) is 6.01. The Morgan fingerprint density at radius 2 is 1.89 bits per heavy atom. The molecule has 3 heterocycles. The second kappa shape index (κ2) is 5.59. The quantitative estimate of drug-likeness (QED) is 0.901. The molecule has 0 radical (unpaired) electrons. The molecule has 104 valence electrons. The standard InChI is InChI=1S/C16H25N3/c1-3-18-14-10-15-4-5-16(11-14)19(15)12(2)13-6-8-17-9-7-13/h6-9,12,14-16,18H,3-5,10-11H2,1-2H3. The van der Waals surface area contributed by atoms with Crippen molar-refractivity contribution in [3.8, 4) is 0 Å². The van der Waals surface area contributed by atoms with Gasteiger partial charge in [-0.1, -0.05) is 6.92 Å². The average molecular weight is 259 g/mol. The summed E-state index contributed by atoms with van der Waals surface area (Å²) >= 11 is 0. The number of piperidine rings is 1. The van der Waals surface area contributed by atoms with Crippen LogP contribution in [0.15, 0.2) is 24.5 Å². The van der Waals surface area contributed by atoms with Crippen molar-refractivity contribution in [1.29, 1.82) is 0 Å². The molecule has 3 unspecified atom stereocenters. The van der Waals surface area contributed by atoms with Crippen LogP contribution < -0.4 is 5.32 Å². The van der Waals surface area contributed by atoms with Crippen LogP contribution in [0.5, 0.6) is 0 Å².